The summed E-state index contributed by atoms with van der Waals surface area (Å²) in [5.41, 5.74) is 3.74. The first kappa shape index (κ1) is 14.8. The van der Waals surface area contributed by atoms with Gasteiger partial charge in [0, 0.05) is 30.8 Å². The van der Waals surface area contributed by atoms with E-state index in [0.29, 0.717) is 6.61 Å². The number of nitrogens with zero attached hydrogens (tertiary/aromatic N) is 4. The molecule has 128 valence electrons. The largest absolute Gasteiger partial charge is 0.472 e. The number of ether oxygens (including phenoxy) is 1. The highest BCUT2D eigenvalue weighted by atomic mass is 19.1. The van der Waals surface area contributed by atoms with Gasteiger partial charge in [0.2, 0.25) is 0 Å². The molecule has 0 bridgehead atoms. The zero-order valence-corrected chi connectivity index (χ0v) is 13.5. The number of likely N-dealkylation sites (tertiary alicyclic amines) is 1. The lowest BCUT2D eigenvalue weighted by Crippen LogP contribution is -2.32. The van der Waals surface area contributed by atoms with E-state index in [4.69, 9.17) is 9.15 Å². The fraction of sp³-hybridized carbons (Fsp3) is 0.333. The van der Waals surface area contributed by atoms with Gasteiger partial charge >= 0.3 is 0 Å². The van der Waals surface area contributed by atoms with Crippen molar-refractivity contribution in [3.8, 4) is 11.3 Å². The van der Waals surface area contributed by atoms with E-state index in [0.717, 1.165) is 42.1 Å². The van der Waals surface area contributed by atoms with Crippen LogP contribution in [0.15, 0.2) is 47.3 Å². The smallest absolute Gasteiger partial charge is 0.123 e. The lowest BCUT2D eigenvalue weighted by Gasteiger charge is -2.26. The Balaban J connectivity index is 1.41. The number of hydrogen-bond donors (Lipinski definition) is 0. The van der Waals surface area contributed by atoms with Crippen LogP contribution in [0, 0.1) is 5.82 Å². The van der Waals surface area contributed by atoms with Crippen LogP contribution in [0.2, 0.25) is 0 Å². The number of hydrogen-bond acceptors (Lipinski definition) is 5. The Morgan fingerprint density at radius 3 is 2.84 bits per heavy atom. The lowest BCUT2D eigenvalue weighted by molar-refractivity contribution is -0.00494. The molecule has 3 aromatic rings. The molecule has 0 saturated carbocycles. The highest BCUT2D eigenvalue weighted by molar-refractivity contribution is 5.61. The summed E-state index contributed by atoms with van der Waals surface area (Å²) in [7, 11) is 0. The van der Waals surface area contributed by atoms with Crippen LogP contribution in [-0.2, 0) is 17.9 Å². The Morgan fingerprint density at radius 2 is 2.04 bits per heavy atom. The summed E-state index contributed by atoms with van der Waals surface area (Å²) in [4.78, 5) is 2.34. The Morgan fingerprint density at radius 1 is 1.16 bits per heavy atom. The normalized spacial score (nSPS) is 22.8. The van der Waals surface area contributed by atoms with Crippen molar-refractivity contribution in [2.75, 3.05) is 13.1 Å². The van der Waals surface area contributed by atoms with E-state index >= 15 is 0 Å². The van der Waals surface area contributed by atoms with Crippen LogP contribution in [0.1, 0.15) is 17.3 Å². The molecule has 4 heterocycles. The molecule has 25 heavy (non-hydrogen) atoms. The molecule has 0 radical (unpaired) electrons. The Kier molecular flexibility index (Phi) is 3.43. The molecule has 0 unspecified atom stereocenters. The third-order valence-electron chi connectivity index (χ3n) is 4.96. The minimum atomic E-state index is -0.258. The van der Waals surface area contributed by atoms with Crippen molar-refractivity contribution in [2.24, 2.45) is 0 Å². The van der Waals surface area contributed by atoms with Gasteiger partial charge in [0.1, 0.15) is 11.5 Å². The zero-order valence-electron chi connectivity index (χ0n) is 13.5. The molecule has 2 atom stereocenters. The second kappa shape index (κ2) is 5.79. The summed E-state index contributed by atoms with van der Waals surface area (Å²) in [5.74, 6) is -0.258. The van der Waals surface area contributed by atoms with Crippen molar-refractivity contribution in [1.82, 2.24) is 19.9 Å². The van der Waals surface area contributed by atoms with Gasteiger partial charge in [-0.1, -0.05) is 5.21 Å². The average Bonchev–Trinajstić information content (AvgIpc) is 3.33. The molecule has 2 aromatic heterocycles. The highest BCUT2D eigenvalue weighted by Crippen LogP contribution is 2.34. The van der Waals surface area contributed by atoms with E-state index in [-0.39, 0.29) is 18.0 Å². The number of benzene rings is 1. The van der Waals surface area contributed by atoms with Crippen molar-refractivity contribution in [2.45, 2.75) is 25.3 Å². The van der Waals surface area contributed by atoms with Gasteiger partial charge in [0.15, 0.2) is 0 Å². The molecule has 1 saturated heterocycles. The fourth-order valence-electron chi connectivity index (χ4n) is 3.73. The number of aromatic nitrogens is 3. The van der Waals surface area contributed by atoms with E-state index in [2.05, 4.69) is 15.2 Å². The lowest BCUT2D eigenvalue weighted by atomic mass is 10.1. The van der Waals surface area contributed by atoms with Gasteiger partial charge in [-0.05, 0) is 30.3 Å². The van der Waals surface area contributed by atoms with Crippen molar-refractivity contribution in [3.05, 3.63) is 59.9 Å². The third-order valence-corrected chi connectivity index (χ3v) is 4.96. The molecular formula is C18H17FN4O2. The summed E-state index contributed by atoms with van der Waals surface area (Å²) < 4.78 is 26.4. The van der Waals surface area contributed by atoms with E-state index < -0.39 is 0 Å². The fourth-order valence-corrected chi connectivity index (χ4v) is 3.73. The summed E-state index contributed by atoms with van der Waals surface area (Å²) in [6, 6.07) is 8.47. The standard InChI is InChI=1S/C18H17FN4O2/c19-14-3-1-13(2-4-14)18-16-11-25-17-9-22(7-12-5-6-24-10-12)8-15(17)23(16)21-20-18/h1-6,10,15,17H,7-9,11H2/t15-,17+/m1/s1. The van der Waals surface area contributed by atoms with Gasteiger partial charge in [0.25, 0.3) is 0 Å². The summed E-state index contributed by atoms with van der Waals surface area (Å²) >= 11 is 0. The van der Waals surface area contributed by atoms with E-state index in [9.17, 15) is 4.39 Å². The van der Waals surface area contributed by atoms with Crippen LogP contribution >= 0.6 is 0 Å². The van der Waals surface area contributed by atoms with Gasteiger partial charge in [-0.15, -0.1) is 5.10 Å². The predicted molar refractivity (Wildman–Crippen MR) is 87.0 cm³/mol. The molecule has 1 aromatic carbocycles. The summed E-state index contributed by atoms with van der Waals surface area (Å²) in [6.07, 6.45) is 3.58. The second-order valence-corrected chi connectivity index (χ2v) is 6.58. The third kappa shape index (κ3) is 2.56. The van der Waals surface area contributed by atoms with Crippen molar-refractivity contribution >= 4 is 0 Å². The van der Waals surface area contributed by atoms with Crippen LogP contribution < -0.4 is 0 Å². The highest BCUT2D eigenvalue weighted by Gasteiger charge is 2.40. The number of furan rings is 1. The first-order valence-corrected chi connectivity index (χ1v) is 8.33. The van der Waals surface area contributed by atoms with Gasteiger partial charge in [0.05, 0.1) is 37.0 Å². The monoisotopic (exact) mass is 340 g/mol. The van der Waals surface area contributed by atoms with Crippen LogP contribution in [0.4, 0.5) is 4.39 Å². The molecule has 1 fully saturated rings. The van der Waals surface area contributed by atoms with Crippen LogP contribution in [-0.4, -0.2) is 39.1 Å². The van der Waals surface area contributed by atoms with Gasteiger partial charge in [-0.3, -0.25) is 4.90 Å². The van der Waals surface area contributed by atoms with Gasteiger partial charge in [-0.25, -0.2) is 9.07 Å². The van der Waals surface area contributed by atoms with Gasteiger partial charge in [-0.2, -0.15) is 0 Å². The average molecular weight is 340 g/mol. The topological polar surface area (TPSA) is 56.3 Å². The minimum Gasteiger partial charge on any atom is -0.472 e. The quantitative estimate of drug-likeness (QED) is 0.734. The number of halogens is 1. The molecule has 0 N–H and O–H groups in total. The number of rotatable bonds is 3. The predicted octanol–water partition coefficient (Wildman–Crippen LogP) is 2.63. The van der Waals surface area contributed by atoms with E-state index in [1.54, 1.807) is 24.7 Å². The molecule has 6 nitrogen and oxygen atoms in total. The molecular weight excluding hydrogens is 323 g/mol. The molecule has 7 heteroatoms. The Bertz CT molecular complexity index is 875. The molecule has 2 aliphatic rings. The first-order valence-electron chi connectivity index (χ1n) is 8.33. The van der Waals surface area contributed by atoms with Crippen LogP contribution in [0.3, 0.4) is 0 Å². The first-order chi connectivity index (χ1) is 12.3. The van der Waals surface area contributed by atoms with Crippen molar-refractivity contribution in [3.63, 3.8) is 0 Å². The Labute approximate surface area is 143 Å². The SMILES string of the molecule is Fc1ccc(-c2nnn3c2CO[C@H]2CN(Cc4ccoc4)C[C@H]23)cc1. The van der Waals surface area contributed by atoms with Gasteiger partial charge < -0.3 is 9.15 Å². The van der Waals surface area contributed by atoms with Crippen LogP contribution in [0.25, 0.3) is 11.3 Å². The molecule has 2 aliphatic heterocycles. The van der Waals surface area contributed by atoms with E-state index in [1.807, 2.05) is 10.7 Å². The van der Waals surface area contributed by atoms with Crippen LogP contribution in [0.5, 0.6) is 0 Å². The molecule has 0 amide bonds. The molecule has 0 spiro atoms. The van der Waals surface area contributed by atoms with E-state index in [1.165, 1.54) is 12.1 Å². The molecule has 5 rings (SSSR count). The maximum absolute atomic E-state index is 13.2. The summed E-state index contributed by atoms with van der Waals surface area (Å²) in [6.45, 7) is 3.03. The molecule has 0 aliphatic carbocycles. The second-order valence-electron chi connectivity index (χ2n) is 6.58. The van der Waals surface area contributed by atoms with Crippen molar-refractivity contribution in [1.29, 1.82) is 0 Å². The Hall–Kier alpha value is -2.51. The van der Waals surface area contributed by atoms with Crippen molar-refractivity contribution < 1.29 is 13.5 Å². The summed E-state index contributed by atoms with van der Waals surface area (Å²) in [5, 5.41) is 8.71. The zero-order chi connectivity index (χ0) is 16.8. The maximum Gasteiger partial charge on any atom is 0.123 e. The minimum absolute atomic E-state index is 0.113. The maximum atomic E-state index is 13.2. The number of fused-ring (bicyclic) bond motifs is 3.